The van der Waals surface area contributed by atoms with Gasteiger partial charge >= 0.3 is 6.03 Å². The second-order valence-electron chi connectivity index (χ2n) is 4.66. The standard InChI is InChI=1S/C11H15BrN2O3S2/c1-14(5-8-4-10(12)18-6-8)11(15)13-9-2-3-19(16,17)7-9/h4,6,9H,2-3,5,7H2,1H3,(H,13,15). The van der Waals surface area contributed by atoms with Gasteiger partial charge in [-0.3, -0.25) is 0 Å². The highest BCUT2D eigenvalue weighted by Gasteiger charge is 2.29. The van der Waals surface area contributed by atoms with E-state index in [0.717, 1.165) is 9.35 Å². The van der Waals surface area contributed by atoms with E-state index in [1.54, 1.807) is 23.3 Å². The molecule has 0 aliphatic carbocycles. The first-order chi connectivity index (χ1) is 8.85. The third kappa shape index (κ3) is 4.19. The highest BCUT2D eigenvalue weighted by atomic mass is 79.9. The van der Waals surface area contributed by atoms with Gasteiger partial charge in [-0.15, -0.1) is 11.3 Å². The summed E-state index contributed by atoms with van der Waals surface area (Å²) in [6, 6.07) is 1.48. The van der Waals surface area contributed by atoms with Gasteiger partial charge in [0, 0.05) is 19.6 Å². The van der Waals surface area contributed by atoms with Gasteiger partial charge in [-0.25, -0.2) is 13.2 Å². The molecule has 0 spiro atoms. The van der Waals surface area contributed by atoms with Crippen molar-refractivity contribution < 1.29 is 13.2 Å². The molecule has 106 valence electrons. The van der Waals surface area contributed by atoms with Gasteiger partial charge in [-0.2, -0.15) is 0 Å². The minimum absolute atomic E-state index is 0.0522. The lowest BCUT2D eigenvalue weighted by atomic mass is 10.3. The summed E-state index contributed by atoms with van der Waals surface area (Å²) in [5.41, 5.74) is 1.05. The molecule has 0 bridgehead atoms. The maximum atomic E-state index is 11.9. The van der Waals surface area contributed by atoms with E-state index in [2.05, 4.69) is 21.2 Å². The van der Waals surface area contributed by atoms with E-state index in [4.69, 9.17) is 0 Å². The predicted octanol–water partition coefficient (Wildman–Crippen LogP) is 1.84. The van der Waals surface area contributed by atoms with Crippen LogP contribution in [0.15, 0.2) is 15.2 Å². The van der Waals surface area contributed by atoms with E-state index in [1.165, 1.54) is 0 Å². The molecule has 1 aliphatic heterocycles. The number of hydrogen-bond acceptors (Lipinski definition) is 4. The van der Waals surface area contributed by atoms with Crippen LogP contribution in [0, 0.1) is 0 Å². The number of carbonyl (C=O) groups excluding carboxylic acids is 1. The molecule has 8 heteroatoms. The summed E-state index contributed by atoms with van der Waals surface area (Å²) in [4.78, 5) is 13.5. The molecule has 2 heterocycles. The molecule has 5 nitrogen and oxygen atoms in total. The molecule has 2 rings (SSSR count). The van der Waals surface area contributed by atoms with E-state index in [1.807, 2.05) is 11.4 Å². The molecule has 1 aromatic heterocycles. The molecule has 1 saturated heterocycles. The van der Waals surface area contributed by atoms with Crippen molar-refractivity contribution in [1.29, 1.82) is 0 Å². The second kappa shape index (κ2) is 5.80. The Morgan fingerprint density at radius 3 is 2.89 bits per heavy atom. The Morgan fingerprint density at radius 1 is 1.63 bits per heavy atom. The first-order valence-electron chi connectivity index (χ1n) is 5.81. The third-order valence-corrected chi connectivity index (χ3v) is 6.27. The number of amides is 2. The highest BCUT2D eigenvalue weighted by Crippen LogP contribution is 2.21. The monoisotopic (exact) mass is 366 g/mol. The molecule has 1 unspecified atom stereocenters. The molecule has 2 amide bonds. The lowest BCUT2D eigenvalue weighted by Gasteiger charge is -2.20. The number of nitrogens with one attached hydrogen (secondary N) is 1. The predicted molar refractivity (Wildman–Crippen MR) is 79.1 cm³/mol. The first-order valence-corrected chi connectivity index (χ1v) is 9.30. The summed E-state index contributed by atoms with van der Waals surface area (Å²) in [6.45, 7) is 0.507. The van der Waals surface area contributed by atoms with Crippen LogP contribution >= 0.6 is 27.3 Å². The average molecular weight is 367 g/mol. The Kier molecular flexibility index (Phi) is 4.52. The molecule has 0 saturated carbocycles. The number of sulfone groups is 1. The first kappa shape index (κ1) is 14.8. The van der Waals surface area contributed by atoms with E-state index in [9.17, 15) is 13.2 Å². The van der Waals surface area contributed by atoms with Crippen molar-refractivity contribution in [3.63, 3.8) is 0 Å². The van der Waals surface area contributed by atoms with Crippen LogP contribution in [0.3, 0.4) is 0 Å². The van der Waals surface area contributed by atoms with Crippen molar-refractivity contribution in [2.45, 2.75) is 19.0 Å². The maximum Gasteiger partial charge on any atom is 0.317 e. The minimum Gasteiger partial charge on any atom is -0.334 e. The zero-order chi connectivity index (χ0) is 14.0. The fourth-order valence-corrected chi connectivity index (χ4v) is 4.84. The zero-order valence-electron chi connectivity index (χ0n) is 10.4. The van der Waals surface area contributed by atoms with Gasteiger partial charge in [0.25, 0.3) is 0 Å². The maximum absolute atomic E-state index is 11.9. The van der Waals surface area contributed by atoms with Gasteiger partial charge < -0.3 is 10.2 Å². The molecular weight excluding hydrogens is 352 g/mol. The van der Waals surface area contributed by atoms with Crippen molar-refractivity contribution in [2.75, 3.05) is 18.6 Å². The number of hydrogen-bond donors (Lipinski definition) is 1. The van der Waals surface area contributed by atoms with Gasteiger partial charge in [0.15, 0.2) is 9.84 Å². The Hall–Kier alpha value is -0.600. The quantitative estimate of drug-likeness (QED) is 0.887. The molecule has 0 radical (unpaired) electrons. The lowest BCUT2D eigenvalue weighted by molar-refractivity contribution is 0.203. The van der Waals surface area contributed by atoms with Gasteiger partial charge in [0.2, 0.25) is 0 Å². The van der Waals surface area contributed by atoms with E-state index < -0.39 is 9.84 Å². The van der Waals surface area contributed by atoms with Gasteiger partial charge in [0.1, 0.15) is 0 Å². The van der Waals surface area contributed by atoms with E-state index >= 15 is 0 Å². The van der Waals surface area contributed by atoms with Crippen LogP contribution in [0.2, 0.25) is 0 Å². The smallest absolute Gasteiger partial charge is 0.317 e. The fourth-order valence-electron chi connectivity index (χ4n) is 1.97. The van der Waals surface area contributed by atoms with Crippen molar-refractivity contribution in [3.05, 3.63) is 20.8 Å². The number of urea groups is 1. The van der Waals surface area contributed by atoms with Crippen LogP contribution in [0.1, 0.15) is 12.0 Å². The third-order valence-electron chi connectivity index (χ3n) is 2.95. The second-order valence-corrected chi connectivity index (χ2v) is 9.18. The van der Waals surface area contributed by atoms with Gasteiger partial charge in [0.05, 0.1) is 15.3 Å². The number of carbonyl (C=O) groups is 1. The summed E-state index contributed by atoms with van der Waals surface area (Å²) in [5, 5.41) is 4.74. The summed E-state index contributed by atoms with van der Waals surface area (Å²) in [7, 11) is -1.26. The van der Waals surface area contributed by atoms with Gasteiger partial charge in [-0.05, 0) is 39.4 Å². The Labute approximate surface area is 125 Å². The van der Waals surface area contributed by atoms with Crippen molar-refractivity contribution in [2.24, 2.45) is 0 Å². The SMILES string of the molecule is CN(Cc1csc(Br)c1)C(=O)NC1CCS(=O)(=O)C1. The molecule has 1 atom stereocenters. The number of nitrogens with zero attached hydrogens (tertiary/aromatic N) is 1. The molecule has 1 aromatic rings. The molecule has 1 aliphatic rings. The van der Waals surface area contributed by atoms with Crippen LogP contribution in [-0.4, -0.2) is 43.9 Å². The Morgan fingerprint density at radius 2 is 2.37 bits per heavy atom. The minimum atomic E-state index is -2.96. The zero-order valence-corrected chi connectivity index (χ0v) is 13.6. The van der Waals surface area contributed by atoms with Crippen molar-refractivity contribution >= 4 is 43.1 Å². The van der Waals surface area contributed by atoms with Crippen LogP contribution < -0.4 is 5.32 Å². The fraction of sp³-hybridized carbons (Fsp3) is 0.545. The highest BCUT2D eigenvalue weighted by molar-refractivity contribution is 9.11. The summed E-state index contributed by atoms with van der Waals surface area (Å²) in [5.74, 6) is 0.218. The van der Waals surface area contributed by atoms with E-state index in [-0.39, 0.29) is 23.6 Å². The normalized spacial score (nSPS) is 21.3. The molecular formula is C11H15BrN2O3S2. The van der Waals surface area contributed by atoms with Crippen LogP contribution in [0.25, 0.3) is 0 Å². The van der Waals surface area contributed by atoms with Crippen LogP contribution in [0.5, 0.6) is 0 Å². The Bertz CT molecular complexity index is 570. The topological polar surface area (TPSA) is 66.5 Å². The van der Waals surface area contributed by atoms with Gasteiger partial charge in [-0.1, -0.05) is 0 Å². The average Bonchev–Trinajstić information content (AvgIpc) is 2.85. The van der Waals surface area contributed by atoms with E-state index in [0.29, 0.717) is 13.0 Å². The summed E-state index contributed by atoms with van der Waals surface area (Å²) < 4.78 is 23.7. The number of rotatable bonds is 3. The van der Waals surface area contributed by atoms with Crippen LogP contribution in [-0.2, 0) is 16.4 Å². The molecule has 1 fully saturated rings. The Balaban J connectivity index is 1.86. The number of thiophene rings is 1. The van der Waals surface area contributed by atoms with Crippen molar-refractivity contribution in [3.8, 4) is 0 Å². The van der Waals surface area contributed by atoms with Crippen LogP contribution in [0.4, 0.5) is 4.79 Å². The van der Waals surface area contributed by atoms with Crippen molar-refractivity contribution in [1.82, 2.24) is 10.2 Å². The lowest BCUT2D eigenvalue weighted by Crippen LogP contribution is -2.43. The molecule has 19 heavy (non-hydrogen) atoms. The largest absolute Gasteiger partial charge is 0.334 e. The molecule has 1 N–H and O–H groups in total. The summed E-state index contributed by atoms with van der Waals surface area (Å²) in [6.07, 6.45) is 0.506. The summed E-state index contributed by atoms with van der Waals surface area (Å²) >= 11 is 4.95. The number of halogens is 1. The molecule has 0 aromatic carbocycles.